The number of benzene rings is 2. The molecule has 148 valence electrons. The number of halogens is 3. The summed E-state index contributed by atoms with van der Waals surface area (Å²) in [6.45, 7) is 3.02. The Labute approximate surface area is 181 Å². The van der Waals surface area contributed by atoms with Crippen molar-refractivity contribution >= 4 is 69.5 Å². The van der Waals surface area contributed by atoms with Gasteiger partial charge in [-0.1, -0.05) is 46.9 Å². The van der Waals surface area contributed by atoms with Gasteiger partial charge in [-0.15, -0.1) is 0 Å². The van der Waals surface area contributed by atoms with E-state index in [9.17, 15) is 14.4 Å². The Morgan fingerprint density at radius 3 is 2.17 bits per heavy atom. The Balaban J connectivity index is 1.88. The van der Waals surface area contributed by atoms with Gasteiger partial charge in [-0.05, 0) is 36.8 Å². The minimum Gasteiger partial charge on any atom is -0.293 e. The number of carbonyl (C=O) groups excluding carboxylic acids is 3. The molecule has 4 rings (SSSR count). The number of carbonyl (C=O) groups is 3. The summed E-state index contributed by atoms with van der Waals surface area (Å²) in [5, 5.41) is 6.48. The summed E-state index contributed by atoms with van der Waals surface area (Å²) in [6.07, 6.45) is 0. The molecule has 2 heterocycles. The van der Waals surface area contributed by atoms with Gasteiger partial charge in [-0.3, -0.25) is 14.4 Å². The highest BCUT2D eigenvalue weighted by molar-refractivity contribution is 6.49. The number of imide groups is 1. The lowest BCUT2D eigenvalue weighted by Gasteiger charge is -2.24. The van der Waals surface area contributed by atoms with Crippen molar-refractivity contribution in [1.82, 2.24) is 0 Å². The van der Waals surface area contributed by atoms with Gasteiger partial charge in [0.05, 0.1) is 21.4 Å². The summed E-state index contributed by atoms with van der Waals surface area (Å²) in [5.41, 5.74) is 1.22. The molecule has 0 N–H and O–H groups in total. The van der Waals surface area contributed by atoms with Gasteiger partial charge in [0.2, 0.25) is 5.91 Å². The topological polar surface area (TPSA) is 70.1 Å². The summed E-state index contributed by atoms with van der Waals surface area (Å²) in [7, 11) is 0. The molecule has 2 aliphatic rings. The fourth-order valence-corrected chi connectivity index (χ4v) is 4.41. The lowest BCUT2D eigenvalue weighted by atomic mass is 9.95. The zero-order valence-corrected chi connectivity index (χ0v) is 17.6. The maximum atomic E-state index is 13.4. The Hall–Kier alpha value is -2.41. The van der Waals surface area contributed by atoms with Crippen molar-refractivity contribution in [3.05, 3.63) is 57.0 Å². The summed E-state index contributed by atoms with van der Waals surface area (Å²) in [4.78, 5) is 39.9. The molecule has 6 nitrogen and oxygen atoms in total. The zero-order valence-electron chi connectivity index (χ0n) is 15.3. The Morgan fingerprint density at radius 2 is 1.55 bits per heavy atom. The molecule has 0 spiro atoms. The quantitative estimate of drug-likeness (QED) is 0.655. The molecule has 0 aromatic heterocycles. The van der Waals surface area contributed by atoms with Crippen molar-refractivity contribution in [3.63, 3.8) is 0 Å². The highest BCUT2D eigenvalue weighted by Crippen LogP contribution is 2.43. The standard InChI is InChI=1S/C20H14Cl3N3O3/c1-9-11(21)5-4-8-14(9)25-19(28)15-16(10(2)27)24-26(18(15)20(25)29)17-12(22)6-3-7-13(17)23/h3-8,15,18H,1-2H3/t15-,18-/m1/s1. The normalized spacial score (nSPS) is 20.9. The van der Waals surface area contributed by atoms with Crippen LogP contribution in [0.25, 0.3) is 0 Å². The number of rotatable bonds is 3. The molecule has 1 fully saturated rings. The van der Waals surface area contributed by atoms with Crippen molar-refractivity contribution in [1.29, 1.82) is 0 Å². The van der Waals surface area contributed by atoms with Gasteiger partial charge >= 0.3 is 0 Å². The molecule has 0 saturated carbocycles. The number of fused-ring (bicyclic) bond motifs is 1. The minimum atomic E-state index is -1.06. The van der Waals surface area contributed by atoms with E-state index in [4.69, 9.17) is 34.8 Å². The third-order valence-corrected chi connectivity index (χ3v) is 6.08. The van der Waals surface area contributed by atoms with Gasteiger partial charge < -0.3 is 0 Å². The highest BCUT2D eigenvalue weighted by atomic mass is 35.5. The number of hydrogen-bond acceptors (Lipinski definition) is 5. The van der Waals surface area contributed by atoms with E-state index in [1.54, 1.807) is 43.3 Å². The molecule has 2 aromatic carbocycles. The van der Waals surface area contributed by atoms with Crippen molar-refractivity contribution in [2.45, 2.75) is 19.9 Å². The molecule has 29 heavy (non-hydrogen) atoms. The van der Waals surface area contributed by atoms with Crippen LogP contribution in [-0.4, -0.2) is 29.4 Å². The number of hydrogen-bond donors (Lipinski definition) is 0. The van der Waals surface area contributed by atoms with E-state index in [1.165, 1.54) is 11.9 Å². The largest absolute Gasteiger partial charge is 0.293 e. The van der Waals surface area contributed by atoms with E-state index in [0.717, 1.165) is 4.90 Å². The first kappa shape index (κ1) is 19.9. The monoisotopic (exact) mass is 449 g/mol. The SMILES string of the molecule is CC(=O)C1=NN(c2c(Cl)cccc2Cl)[C@H]2C(=O)N(c3cccc(Cl)c3C)C(=O)[C@H]12. The van der Waals surface area contributed by atoms with Crippen LogP contribution in [0.5, 0.6) is 0 Å². The molecule has 1 saturated heterocycles. The van der Waals surface area contributed by atoms with E-state index < -0.39 is 29.6 Å². The predicted molar refractivity (Wildman–Crippen MR) is 113 cm³/mol. The van der Waals surface area contributed by atoms with Crippen molar-refractivity contribution in [2.24, 2.45) is 11.0 Å². The van der Waals surface area contributed by atoms with Crippen molar-refractivity contribution in [3.8, 4) is 0 Å². The van der Waals surface area contributed by atoms with Crippen LogP contribution >= 0.6 is 34.8 Å². The second-order valence-electron chi connectivity index (χ2n) is 6.77. The van der Waals surface area contributed by atoms with E-state index >= 15 is 0 Å². The fraction of sp³-hybridized carbons (Fsp3) is 0.200. The molecule has 0 bridgehead atoms. The van der Waals surface area contributed by atoms with Crippen LogP contribution in [0, 0.1) is 12.8 Å². The average Bonchev–Trinajstić information content (AvgIpc) is 3.16. The Bertz CT molecular complexity index is 1100. The number of anilines is 2. The molecule has 2 atom stereocenters. The summed E-state index contributed by atoms with van der Waals surface area (Å²) >= 11 is 18.8. The van der Waals surface area contributed by atoms with Gasteiger partial charge in [0, 0.05) is 11.9 Å². The summed E-state index contributed by atoms with van der Waals surface area (Å²) in [5.74, 6) is -2.52. The Morgan fingerprint density at radius 1 is 0.966 bits per heavy atom. The molecule has 2 aromatic rings. The molecule has 0 aliphatic carbocycles. The number of Topliss-reactive ketones (excluding diaryl/α,β-unsaturated/α-hetero) is 1. The first-order valence-electron chi connectivity index (χ1n) is 8.69. The first-order chi connectivity index (χ1) is 13.7. The fourth-order valence-electron chi connectivity index (χ4n) is 3.67. The second-order valence-corrected chi connectivity index (χ2v) is 8.00. The van der Waals surface area contributed by atoms with Crippen LogP contribution in [0.1, 0.15) is 12.5 Å². The van der Waals surface area contributed by atoms with Crippen LogP contribution in [0.15, 0.2) is 41.5 Å². The lowest BCUT2D eigenvalue weighted by Crippen LogP contribution is -2.39. The predicted octanol–water partition coefficient (Wildman–Crippen LogP) is 4.28. The summed E-state index contributed by atoms with van der Waals surface area (Å²) < 4.78 is 0. The minimum absolute atomic E-state index is 0.00785. The average molecular weight is 451 g/mol. The van der Waals surface area contributed by atoms with Gasteiger partial charge in [0.25, 0.3) is 5.91 Å². The third-order valence-electron chi connectivity index (χ3n) is 5.06. The smallest absolute Gasteiger partial charge is 0.259 e. The molecule has 9 heteroatoms. The molecular formula is C20H14Cl3N3O3. The van der Waals surface area contributed by atoms with E-state index in [1.807, 2.05) is 0 Å². The second kappa shape index (κ2) is 7.13. The summed E-state index contributed by atoms with van der Waals surface area (Å²) in [6, 6.07) is 8.75. The highest BCUT2D eigenvalue weighted by Gasteiger charge is 2.58. The lowest BCUT2D eigenvalue weighted by molar-refractivity contribution is -0.122. The van der Waals surface area contributed by atoms with Gasteiger partial charge in [-0.25, -0.2) is 9.91 Å². The van der Waals surface area contributed by atoms with Crippen LogP contribution in [0.2, 0.25) is 15.1 Å². The molecule has 0 radical (unpaired) electrons. The maximum Gasteiger partial charge on any atom is 0.259 e. The number of ketones is 1. The molecule has 2 amide bonds. The van der Waals surface area contributed by atoms with E-state index in [-0.39, 0.29) is 21.4 Å². The van der Waals surface area contributed by atoms with Crippen molar-refractivity contribution in [2.75, 3.05) is 9.91 Å². The van der Waals surface area contributed by atoms with Gasteiger partial charge in [0.15, 0.2) is 5.78 Å². The number of amides is 2. The third kappa shape index (κ3) is 2.94. The van der Waals surface area contributed by atoms with Crippen LogP contribution in [0.4, 0.5) is 11.4 Å². The number of para-hydroxylation sites is 1. The molecule has 2 aliphatic heterocycles. The van der Waals surface area contributed by atoms with E-state index in [0.29, 0.717) is 16.3 Å². The first-order valence-corrected chi connectivity index (χ1v) is 9.83. The van der Waals surface area contributed by atoms with Crippen LogP contribution in [0.3, 0.4) is 0 Å². The molecule has 0 unspecified atom stereocenters. The number of nitrogens with zero attached hydrogens (tertiary/aromatic N) is 3. The molecular weight excluding hydrogens is 437 g/mol. The maximum absolute atomic E-state index is 13.4. The zero-order chi connectivity index (χ0) is 21.0. The van der Waals surface area contributed by atoms with Gasteiger partial charge in [-0.2, -0.15) is 5.10 Å². The number of hydrazone groups is 1. The Kier molecular flexibility index (Phi) is 4.89. The van der Waals surface area contributed by atoms with Crippen molar-refractivity contribution < 1.29 is 14.4 Å². The van der Waals surface area contributed by atoms with Crippen LogP contribution < -0.4 is 9.91 Å². The van der Waals surface area contributed by atoms with Gasteiger partial charge in [0.1, 0.15) is 17.7 Å². The van der Waals surface area contributed by atoms with E-state index in [2.05, 4.69) is 5.10 Å². The van der Waals surface area contributed by atoms with Crippen LogP contribution in [-0.2, 0) is 14.4 Å².